The van der Waals surface area contributed by atoms with Crippen LogP contribution in [0.5, 0.6) is 0 Å². The summed E-state index contributed by atoms with van der Waals surface area (Å²) in [6, 6.07) is 0. The molecule has 1 amide bonds. The lowest BCUT2D eigenvalue weighted by Crippen LogP contribution is -2.22. The molecule has 0 aliphatic heterocycles. The fourth-order valence-corrected chi connectivity index (χ4v) is 1.42. The average Bonchev–Trinajstić information content (AvgIpc) is 2.62. The molecular weight excluding hydrogens is 214 g/mol. The number of nitrogens with zero attached hydrogens (tertiary/aromatic N) is 2. The van der Waals surface area contributed by atoms with Gasteiger partial charge in [-0.25, -0.2) is 0 Å². The molecule has 0 unspecified atom stereocenters. The molecule has 0 fully saturated rings. The zero-order valence-corrected chi connectivity index (χ0v) is 9.63. The van der Waals surface area contributed by atoms with Crippen molar-refractivity contribution < 1.29 is 4.79 Å². The maximum atomic E-state index is 11.3. The molecule has 1 N–H and O–H groups in total. The molecule has 0 bridgehead atoms. The van der Waals surface area contributed by atoms with Gasteiger partial charge in [0, 0.05) is 37.7 Å². The topological polar surface area (TPSA) is 46.9 Å². The molecular formula is C10H16ClN3O. The van der Waals surface area contributed by atoms with Crippen LogP contribution in [0.3, 0.4) is 0 Å². The zero-order chi connectivity index (χ0) is 11.1. The molecule has 1 rings (SSSR count). The number of carbonyl (C=O) groups excluding carboxylic acids is 1. The number of rotatable bonds is 6. The van der Waals surface area contributed by atoms with Crippen molar-refractivity contribution in [1.82, 2.24) is 15.1 Å². The van der Waals surface area contributed by atoms with Gasteiger partial charge >= 0.3 is 0 Å². The summed E-state index contributed by atoms with van der Waals surface area (Å²) in [6.07, 6.45) is 5.93. The number of aryl methyl sites for hydroxylation is 1. The fraction of sp³-hybridized carbons (Fsp3) is 0.600. The summed E-state index contributed by atoms with van der Waals surface area (Å²) in [6.45, 7) is 0.549. The van der Waals surface area contributed by atoms with Gasteiger partial charge in [-0.15, -0.1) is 11.6 Å². The van der Waals surface area contributed by atoms with Crippen molar-refractivity contribution in [3.8, 4) is 0 Å². The third kappa shape index (κ3) is 4.83. The number of amides is 1. The van der Waals surface area contributed by atoms with Gasteiger partial charge in [-0.2, -0.15) is 5.10 Å². The van der Waals surface area contributed by atoms with Crippen LogP contribution in [0, 0.1) is 0 Å². The number of hydrogen-bond donors (Lipinski definition) is 1. The standard InChI is InChI=1S/C10H16ClN3O/c1-14-8-9(7-13-14)6-12-10(15)4-2-3-5-11/h7-8H,2-6H2,1H3,(H,12,15). The Kier molecular flexibility index (Phi) is 5.18. The lowest BCUT2D eigenvalue weighted by Gasteiger charge is -2.02. The first kappa shape index (κ1) is 12.0. The maximum absolute atomic E-state index is 11.3. The number of nitrogens with one attached hydrogen (secondary N) is 1. The first-order valence-corrected chi connectivity index (χ1v) is 5.56. The van der Waals surface area contributed by atoms with E-state index in [1.54, 1.807) is 10.9 Å². The molecule has 0 saturated heterocycles. The lowest BCUT2D eigenvalue weighted by molar-refractivity contribution is -0.121. The Hall–Kier alpha value is -1.03. The van der Waals surface area contributed by atoms with Gasteiger partial charge in [0.1, 0.15) is 0 Å². The van der Waals surface area contributed by atoms with Crippen molar-refractivity contribution in [1.29, 1.82) is 0 Å². The minimum Gasteiger partial charge on any atom is -0.352 e. The Morgan fingerprint density at radius 1 is 1.60 bits per heavy atom. The minimum atomic E-state index is 0.0731. The number of halogens is 1. The fourth-order valence-electron chi connectivity index (χ4n) is 1.23. The van der Waals surface area contributed by atoms with Crippen LogP contribution in [-0.2, 0) is 18.4 Å². The van der Waals surface area contributed by atoms with E-state index >= 15 is 0 Å². The number of carbonyl (C=O) groups is 1. The van der Waals surface area contributed by atoms with Gasteiger partial charge in [0.2, 0.25) is 5.91 Å². The van der Waals surface area contributed by atoms with Crippen molar-refractivity contribution in [3.63, 3.8) is 0 Å². The molecule has 1 heterocycles. The van der Waals surface area contributed by atoms with Gasteiger partial charge in [-0.1, -0.05) is 0 Å². The number of unbranched alkanes of at least 4 members (excludes halogenated alkanes) is 1. The molecule has 4 nitrogen and oxygen atoms in total. The second-order valence-electron chi connectivity index (χ2n) is 3.45. The second kappa shape index (κ2) is 6.45. The van der Waals surface area contributed by atoms with E-state index in [9.17, 15) is 4.79 Å². The van der Waals surface area contributed by atoms with Gasteiger partial charge in [-0.05, 0) is 12.8 Å². The van der Waals surface area contributed by atoms with Crippen molar-refractivity contribution in [3.05, 3.63) is 18.0 Å². The van der Waals surface area contributed by atoms with E-state index in [1.165, 1.54) is 0 Å². The number of hydrogen-bond acceptors (Lipinski definition) is 2. The zero-order valence-electron chi connectivity index (χ0n) is 8.87. The van der Waals surface area contributed by atoms with Gasteiger partial charge in [0.25, 0.3) is 0 Å². The Labute approximate surface area is 94.6 Å². The van der Waals surface area contributed by atoms with E-state index in [-0.39, 0.29) is 5.91 Å². The highest BCUT2D eigenvalue weighted by Gasteiger charge is 2.01. The van der Waals surface area contributed by atoms with Crippen LogP contribution < -0.4 is 5.32 Å². The van der Waals surface area contributed by atoms with E-state index in [4.69, 9.17) is 11.6 Å². The first-order valence-electron chi connectivity index (χ1n) is 5.02. The van der Waals surface area contributed by atoms with E-state index in [2.05, 4.69) is 10.4 Å². The summed E-state index contributed by atoms with van der Waals surface area (Å²) in [5.74, 6) is 0.694. The second-order valence-corrected chi connectivity index (χ2v) is 3.82. The summed E-state index contributed by atoms with van der Waals surface area (Å²) >= 11 is 5.52. The molecule has 0 atom stereocenters. The molecule has 15 heavy (non-hydrogen) atoms. The predicted octanol–water partition coefficient (Wildman–Crippen LogP) is 1.45. The maximum Gasteiger partial charge on any atom is 0.220 e. The lowest BCUT2D eigenvalue weighted by atomic mass is 10.2. The van der Waals surface area contributed by atoms with E-state index in [1.807, 2.05) is 13.2 Å². The third-order valence-corrected chi connectivity index (χ3v) is 2.30. The van der Waals surface area contributed by atoms with E-state index in [0.717, 1.165) is 18.4 Å². The van der Waals surface area contributed by atoms with E-state index in [0.29, 0.717) is 18.8 Å². The normalized spacial score (nSPS) is 10.3. The van der Waals surface area contributed by atoms with Gasteiger partial charge in [0.15, 0.2) is 0 Å². The summed E-state index contributed by atoms with van der Waals surface area (Å²) in [5.41, 5.74) is 1.02. The number of aromatic nitrogens is 2. The summed E-state index contributed by atoms with van der Waals surface area (Å²) in [7, 11) is 1.85. The third-order valence-electron chi connectivity index (χ3n) is 2.04. The molecule has 0 aromatic carbocycles. The molecule has 1 aromatic rings. The monoisotopic (exact) mass is 229 g/mol. The van der Waals surface area contributed by atoms with Crippen LogP contribution in [0.2, 0.25) is 0 Å². The van der Waals surface area contributed by atoms with Crippen LogP contribution in [0.1, 0.15) is 24.8 Å². The number of alkyl halides is 1. The molecule has 0 aliphatic rings. The van der Waals surface area contributed by atoms with Crippen LogP contribution >= 0.6 is 11.6 Å². The largest absolute Gasteiger partial charge is 0.352 e. The van der Waals surface area contributed by atoms with Crippen molar-refractivity contribution in [2.24, 2.45) is 7.05 Å². The molecule has 0 saturated carbocycles. The summed E-state index contributed by atoms with van der Waals surface area (Å²) in [4.78, 5) is 11.3. The van der Waals surface area contributed by atoms with Crippen molar-refractivity contribution in [2.45, 2.75) is 25.8 Å². The van der Waals surface area contributed by atoms with E-state index < -0.39 is 0 Å². The highest BCUT2D eigenvalue weighted by Crippen LogP contribution is 1.99. The van der Waals surface area contributed by atoms with Crippen LogP contribution in [0.4, 0.5) is 0 Å². The molecule has 0 aliphatic carbocycles. The van der Waals surface area contributed by atoms with Crippen molar-refractivity contribution >= 4 is 17.5 Å². The Balaban J connectivity index is 2.16. The molecule has 0 spiro atoms. The van der Waals surface area contributed by atoms with Crippen molar-refractivity contribution in [2.75, 3.05) is 5.88 Å². The van der Waals surface area contributed by atoms with Gasteiger partial charge in [0.05, 0.1) is 6.20 Å². The first-order chi connectivity index (χ1) is 7.22. The van der Waals surface area contributed by atoms with Gasteiger partial charge in [-0.3, -0.25) is 9.48 Å². The minimum absolute atomic E-state index is 0.0731. The van der Waals surface area contributed by atoms with Crippen LogP contribution in [0.15, 0.2) is 12.4 Å². The highest BCUT2D eigenvalue weighted by atomic mass is 35.5. The Morgan fingerprint density at radius 3 is 3.00 bits per heavy atom. The highest BCUT2D eigenvalue weighted by molar-refractivity contribution is 6.17. The van der Waals surface area contributed by atoms with Gasteiger partial charge < -0.3 is 5.32 Å². The quantitative estimate of drug-likeness (QED) is 0.593. The smallest absolute Gasteiger partial charge is 0.220 e. The Morgan fingerprint density at radius 2 is 2.40 bits per heavy atom. The molecule has 0 radical (unpaired) electrons. The van der Waals surface area contributed by atoms with Crippen LogP contribution in [0.25, 0.3) is 0 Å². The summed E-state index contributed by atoms with van der Waals surface area (Å²) in [5, 5.41) is 6.85. The molecule has 5 heteroatoms. The molecule has 84 valence electrons. The average molecular weight is 230 g/mol. The Bertz CT molecular complexity index is 311. The SMILES string of the molecule is Cn1cc(CNC(=O)CCCCCl)cn1. The molecule has 1 aromatic heterocycles. The predicted molar refractivity (Wildman–Crippen MR) is 59.6 cm³/mol. The van der Waals surface area contributed by atoms with Crippen LogP contribution in [-0.4, -0.2) is 21.6 Å². The summed E-state index contributed by atoms with van der Waals surface area (Å²) < 4.78 is 1.72.